The van der Waals surface area contributed by atoms with Crippen LogP contribution in [0.25, 0.3) is 11.3 Å². The van der Waals surface area contributed by atoms with Gasteiger partial charge in [0.05, 0.1) is 18.2 Å². The molecule has 3 aromatic rings. The van der Waals surface area contributed by atoms with Gasteiger partial charge in [0.2, 0.25) is 0 Å². The summed E-state index contributed by atoms with van der Waals surface area (Å²) in [6.07, 6.45) is 0.119. The molecule has 0 saturated heterocycles. The largest absolute Gasteiger partial charge is 0.481 e. The van der Waals surface area contributed by atoms with Crippen LogP contribution >= 0.6 is 11.3 Å². The minimum atomic E-state index is -0.783. The predicted molar refractivity (Wildman–Crippen MR) is 106 cm³/mol. The summed E-state index contributed by atoms with van der Waals surface area (Å²) in [4.78, 5) is 15.6. The smallest absolute Gasteiger partial charge is 0.305 e. The number of benzene rings is 1. The van der Waals surface area contributed by atoms with Gasteiger partial charge in [0.25, 0.3) is 0 Å². The first-order chi connectivity index (χ1) is 12.5. The van der Waals surface area contributed by atoms with Crippen LogP contribution in [-0.4, -0.2) is 20.6 Å². The van der Waals surface area contributed by atoms with E-state index in [1.165, 1.54) is 5.56 Å². The zero-order chi connectivity index (χ0) is 18.7. The first-order valence-electron chi connectivity index (χ1n) is 8.61. The Morgan fingerprint density at radius 3 is 2.73 bits per heavy atom. The van der Waals surface area contributed by atoms with E-state index >= 15 is 0 Å². The zero-order valence-electron chi connectivity index (χ0n) is 15.2. The molecule has 0 fully saturated rings. The fourth-order valence-corrected chi connectivity index (χ4v) is 3.88. The maximum absolute atomic E-state index is 10.9. The highest BCUT2D eigenvalue weighted by Crippen LogP contribution is 2.31. The minimum Gasteiger partial charge on any atom is -0.481 e. The Morgan fingerprint density at radius 2 is 2.04 bits per heavy atom. The Balaban J connectivity index is 1.77. The van der Waals surface area contributed by atoms with Gasteiger partial charge in [0, 0.05) is 28.9 Å². The van der Waals surface area contributed by atoms with Gasteiger partial charge in [-0.05, 0) is 32.4 Å². The molecule has 5 nitrogen and oxygen atoms in total. The first kappa shape index (κ1) is 18.2. The fourth-order valence-electron chi connectivity index (χ4n) is 3.09. The third kappa shape index (κ3) is 3.96. The summed E-state index contributed by atoms with van der Waals surface area (Å²) < 4.78 is 2.04. The number of aryl methyl sites for hydroxylation is 1. The number of thiazole rings is 1. The van der Waals surface area contributed by atoms with Gasteiger partial charge < -0.3 is 15.0 Å². The third-order valence-corrected chi connectivity index (χ3v) is 5.32. The molecule has 2 N–H and O–H groups in total. The van der Waals surface area contributed by atoms with E-state index in [0.717, 1.165) is 27.8 Å². The zero-order valence-corrected chi connectivity index (χ0v) is 16.0. The van der Waals surface area contributed by atoms with Crippen molar-refractivity contribution in [2.75, 3.05) is 5.32 Å². The van der Waals surface area contributed by atoms with Gasteiger partial charge in [0.1, 0.15) is 0 Å². The third-order valence-electron chi connectivity index (χ3n) is 4.54. The number of anilines is 1. The Bertz CT molecular complexity index is 899. The molecule has 0 bridgehead atoms. The van der Waals surface area contributed by atoms with Crippen molar-refractivity contribution in [1.29, 1.82) is 0 Å². The highest BCUT2D eigenvalue weighted by Gasteiger charge is 2.15. The van der Waals surface area contributed by atoms with Crippen LogP contribution in [-0.2, 0) is 11.3 Å². The number of aliphatic carboxylic acids is 1. The van der Waals surface area contributed by atoms with E-state index in [0.29, 0.717) is 6.54 Å². The molecule has 0 aliphatic heterocycles. The molecule has 1 aromatic carbocycles. The Labute approximate surface area is 157 Å². The van der Waals surface area contributed by atoms with Crippen LogP contribution in [0.5, 0.6) is 0 Å². The molecule has 0 amide bonds. The second-order valence-corrected chi connectivity index (χ2v) is 7.25. The summed E-state index contributed by atoms with van der Waals surface area (Å²) in [7, 11) is 0. The summed E-state index contributed by atoms with van der Waals surface area (Å²) in [5, 5.41) is 15.3. The normalized spacial score (nSPS) is 12.1. The van der Waals surface area contributed by atoms with Crippen molar-refractivity contribution in [3.05, 3.63) is 58.7 Å². The number of carbonyl (C=O) groups is 1. The van der Waals surface area contributed by atoms with E-state index < -0.39 is 5.97 Å². The van der Waals surface area contributed by atoms with E-state index in [1.807, 2.05) is 42.0 Å². The number of hydrogen-bond acceptors (Lipinski definition) is 4. The van der Waals surface area contributed by atoms with Gasteiger partial charge in [-0.25, -0.2) is 4.98 Å². The summed E-state index contributed by atoms with van der Waals surface area (Å²) in [5.41, 5.74) is 5.31. The maximum atomic E-state index is 10.9. The maximum Gasteiger partial charge on any atom is 0.305 e. The molecule has 0 saturated carbocycles. The van der Waals surface area contributed by atoms with Crippen molar-refractivity contribution in [2.45, 2.75) is 39.8 Å². The molecular formula is C20H23N3O2S. The lowest BCUT2D eigenvalue weighted by molar-refractivity contribution is -0.137. The second-order valence-electron chi connectivity index (χ2n) is 6.39. The molecule has 0 aliphatic carbocycles. The first-order valence-corrected chi connectivity index (χ1v) is 9.49. The monoisotopic (exact) mass is 369 g/mol. The number of rotatable bonds is 7. The predicted octanol–water partition coefficient (Wildman–Crippen LogP) is 4.88. The molecule has 26 heavy (non-hydrogen) atoms. The molecule has 1 unspecified atom stereocenters. The van der Waals surface area contributed by atoms with Gasteiger partial charge in [0.15, 0.2) is 5.13 Å². The Hall–Kier alpha value is -2.60. The van der Waals surface area contributed by atoms with Crippen LogP contribution in [0.15, 0.2) is 41.8 Å². The minimum absolute atomic E-state index is 0.119. The molecule has 2 heterocycles. The number of carboxylic acid groups (broad SMARTS) is 1. The van der Waals surface area contributed by atoms with Crippen LogP contribution < -0.4 is 5.32 Å². The summed E-state index contributed by atoms with van der Waals surface area (Å²) in [5.74, 6) is -0.783. The van der Waals surface area contributed by atoms with Crippen LogP contribution in [0.1, 0.15) is 36.3 Å². The number of carboxylic acids is 1. The van der Waals surface area contributed by atoms with Crippen molar-refractivity contribution < 1.29 is 9.90 Å². The molecule has 1 atom stereocenters. The molecule has 0 aliphatic rings. The van der Waals surface area contributed by atoms with Crippen molar-refractivity contribution in [3.63, 3.8) is 0 Å². The lowest BCUT2D eigenvalue weighted by Crippen LogP contribution is -2.07. The molecule has 3 rings (SSSR count). The number of hydrogen-bond donors (Lipinski definition) is 2. The van der Waals surface area contributed by atoms with Gasteiger partial charge in [-0.15, -0.1) is 11.3 Å². The fraction of sp³-hybridized carbons (Fsp3) is 0.300. The van der Waals surface area contributed by atoms with Crippen molar-refractivity contribution in [3.8, 4) is 11.3 Å². The molecule has 6 heteroatoms. The van der Waals surface area contributed by atoms with Gasteiger partial charge in [-0.1, -0.05) is 30.3 Å². The number of nitrogens with one attached hydrogen (secondary N) is 1. The number of aromatic nitrogens is 2. The molecule has 0 radical (unpaired) electrons. The van der Waals surface area contributed by atoms with E-state index in [2.05, 4.69) is 30.4 Å². The van der Waals surface area contributed by atoms with Crippen LogP contribution in [0.2, 0.25) is 0 Å². The Morgan fingerprint density at radius 1 is 1.31 bits per heavy atom. The van der Waals surface area contributed by atoms with Gasteiger partial charge >= 0.3 is 5.97 Å². The average molecular weight is 369 g/mol. The quantitative estimate of drug-likeness (QED) is 0.623. The molecule has 0 spiro atoms. The summed E-state index contributed by atoms with van der Waals surface area (Å²) in [6, 6.07) is 12.5. The average Bonchev–Trinajstić information content (AvgIpc) is 3.18. The van der Waals surface area contributed by atoms with E-state index in [9.17, 15) is 4.79 Å². The summed E-state index contributed by atoms with van der Waals surface area (Å²) in [6.45, 7) is 6.62. The lowest BCUT2D eigenvalue weighted by Gasteiger charge is -2.12. The standard InChI is InChI=1S/C20H23N3O2S/c1-13-11-17(15(3)23(13)10-9-19(24)25)18-12-26-20(22-18)21-14(2)16-7-5-4-6-8-16/h4-8,11-12,14H,9-10H2,1-3H3,(H,21,22)(H,24,25). The SMILES string of the molecule is Cc1cc(-c2csc(NC(C)c3ccccc3)n2)c(C)n1CCC(=O)O. The van der Waals surface area contributed by atoms with Crippen molar-refractivity contribution in [1.82, 2.24) is 9.55 Å². The van der Waals surface area contributed by atoms with Crippen LogP contribution in [0.3, 0.4) is 0 Å². The topological polar surface area (TPSA) is 67.2 Å². The molecular weight excluding hydrogens is 346 g/mol. The van der Waals surface area contributed by atoms with E-state index in [-0.39, 0.29) is 12.5 Å². The van der Waals surface area contributed by atoms with Crippen molar-refractivity contribution in [2.24, 2.45) is 0 Å². The second kappa shape index (κ2) is 7.74. The highest BCUT2D eigenvalue weighted by molar-refractivity contribution is 7.14. The Kier molecular flexibility index (Phi) is 5.42. The van der Waals surface area contributed by atoms with Gasteiger partial charge in [-0.2, -0.15) is 0 Å². The van der Waals surface area contributed by atoms with Crippen LogP contribution in [0.4, 0.5) is 5.13 Å². The lowest BCUT2D eigenvalue weighted by atomic mass is 10.1. The van der Waals surface area contributed by atoms with Crippen LogP contribution in [0, 0.1) is 13.8 Å². The van der Waals surface area contributed by atoms with Gasteiger partial charge in [-0.3, -0.25) is 4.79 Å². The van der Waals surface area contributed by atoms with E-state index in [4.69, 9.17) is 10.1 Å². The molecule has 2 aromatic heterocycles. The van der Waals surface area contributed by atoms with E-state index in [1.54, 1.807) is 11.3 Å². The summed E-state index contributed by atoms with van der Waals surface area (Å²) >= 11 is 1.58. The van der Waals surface area contributed by atoms with Crippen molar-refractivity contribution >= 4 is 22.4 Å². The molecule has 136 valence electrons. The highest BCUT2D eigenvalue weighted by atomic mass is 32.1. The number of nitrogens with zero attached hydrogens (tertiary/aromatic N) is 2.